The zero-order valence-electron chi connectivity index (χ0n) is 11.4. The van der Waals surface area contributed by atoms with Crippen molar-refractivity contribution in [2.75, 3.05) is 13.1 Å². The first kappa shape index (κ1) is 15.7. The summed E-state index contributed by atoms with van der Waals surface area (Å²) in [4.78, 5) is 24.8. The van der Waals surface area contributed by atoms with Crippen molar-refractivity contribution in [3.05, 3.63) is 60.7 Å². The molecule has 0 fully saturated rings. The lowest BCUT2D eigenvalue weighted by atomic mass is 10.0. The van der Waals surface area contributed by atoms with Crippen LogP contribution >= 0.6 is 0 Å². The van der Waals surface area contributed by atoms with Crippen molar-refractivity contribution in [1.29, 1.82) is 0 Å². The molecule has 0 unspecified atom stereocenters. The number of carboxylic acids is 1. The molecular formula is C16H19NO3. The molecule has 0 aliphatic carbocycles. The van der Waals surface area contributed by atoms with E-state index in [9.17, 15) is 9.59 Å². The zero-order valence-corrected chi connectivity index (χ0v) is 11.4. The van der Waals surface area contributed by atoms with Crippen LogP contribution in [0, 0.1) is 0 Å². The van der Waals surface area contributed by atoms with Crippen LogP contribution in [0.5, 0.6) is 0 Å². The van der Waals surface area contributed by atoms with Gasteiger partial charge in [-0.25, -0.2) is 4.79 Å². The number of rotatable bonds is 8. The first-order chi connectivity index (χ1) is 9.60. The monoisotopic (exact) mass is 273 g/mol. The van der Waals surface area contributed by atoms with Crippen LogP contribution in [0.2, 0.25) is 0 Å². The Bertz CT molecular complexity index is 498. The first-order valence-electron chi connectivity index (χ1n) is 6.41. The standard InChI is InChI=1S/C16H19NO3/c1-3-11-17(12-4-2)15(18)10-9-13-7-5-6-8-14(13)16(19)20/h3-8H,1-2,9-12H2,(H,19,20). The van der Waals surface area contributed by atoms with Gasteiger partial charge < -0.3 is 10.0 Å². The minimum absolute atomic E-state index is 0.0370. The fourth-order valence-electron chi connectivity index (χ4n) is 1.94. The summed E-state index contributed by atoms with van der Waals surface area (Å²) in [6.45, 7) is 8.16. The second kappa shape index (κ2) is 7.94. The molecule has 1 amide bonds. The molecule has 20 heavy (non-hydrogen) atoms. The third-order valence-electron chi connectivity index (χ3n) is 2.91. The van der Waals surface area contributed by atoms with Crippen molar-refractivity contribution in [2.45, 2.75) is 12.8 Å². The third kappa shape index (κ3) is 4.39. The molecule has 4 heteroatoms. The van der Waals surface area contributed by atoms with E-state index < -0.39 is 5.97 Å². The number of amides is 1. The largest absolute Gasteiger partial charge is 0.478 e. The normalized spacial score (nSPS) is 9.80. The second-order valence-electron chi connectivity index (χ2n) is 4.34. The Morgan fingerprint density at radius 3 is 2.30 bits per heavy atom. The lowest BCUT2D eigenvalue weighted by molar-refractivity contribution is -0.130. The smallest absolute Gasteiger partial charge is 0.335 e. The lowest BCUT2D eigenvalue weighted by Gasteiger charge is -2.19. The molecule has 0 bridgehead atoms. The predicted molar refractivity (Wildman–Crippen MR) is 78.7 cm³/mol. The maximum absolute atomic E-state index is 12.1. The van der Waals surface area contributed by atoms with Crippen molar-refractivity contribution >= 4 is 11.9 Å². The number of benzene rings is 1. The predicted octanol–water partition coefficient (Wildman–Crippen LogP) is 2.52. The minimum atomic E-state index is -0.970. The molecule has 0 spiro atoms. The van der Waals surface area contributed by atoms with E-state index in [1.807, 2.05) is 0 Å². The Balaban J connectivity index is 2.71. The summed E-state index contributed by atoms with van der Waals surface area (Å²) in [6, 6.07) is 6.74. The molecule has 0 saturated carbocycles. The number of carbonyl (C=O) groups excluding carboxylic acids is 1. The summed E-state index contributed by atoms with van der Waals surface area (Å²) < 4.78 is 0. The van der Waals surface area contributed by atoms with Crippen LogP contribution in [-0.4, -0.2) is 35.0 Å². The minimum Gasteiger partial charge on any atom is -0.478 e. The van der Waals surface area contributed by atoms with Crippen LogP contribution in [0.4, 0.5) is 0 Å². The van der Waals surface area contributed by atoms with E-state index in [2.05, 4.69) is 13.2 Å². The molecule has 1 rings (SSSR count). The van der Waals surface area contributed by atoms with Gasteiger partial charge in [-0.1, -0.05) is 30.4 Å². The fourth-order valence-corrected chi connectivity index (χ4v) is 1.94. The zero-order chi connectivity index (χ0) is 15.0. The van der Waals surface area contributed by atoms with Crippen LogP contribution in [0.25, 0.3) is 0 Å². The van der Waals surface area contributed by atoms with Gasteiger partial charge in [0, 0.05) is 19.5 Å². The number of aryl methyl sites for hydroxylation is 1. The van der Waals surface area contributed by atoms with Crippen molar-refractivity contribution < 1.29 is 14.7 Å². The summed E-state index contributed by atoms with van der Waals surface area (Å²) in [6.07, 6.45) is 4.00. The molecule has 4 nitrogen and oxygen atoms in total. The molecule has 0 aliphatic rings. The number of hydrogen-bond acceptors (Lipinski definition) is 2. The van der Waals surface area contributed by atoms with Gasteiger partial charge in [-0.3, -0.25) is 4.79 Å². The molecule has 0 radical (unpaired) electrons. The summed E-state index contributed by atoms with van der Waals surface area (Å²) in [5.74, 6) is -1.01. The van der Waals surface area contributed by atoms with Gasteiger partial charge >= 0.3 is 5.97 Å². The molecular weight excluding hydrogens is 254 g/mol. The van der Waals surface area contributed by atoms with Gasteiger partial charge in [-0.15, -0.1) is 13.2 Å². The van der Waals surface area contributed by atoms with Crippen molar-refractivity contribution in [1.82, 2.24) is 4.90 Å². The van der Waals surface area contributed by atoms with Gasteiger partial charge in [-0.05, 0) is 18.1 Å². The SMILES string of the molecule is C=CCN(CC=C)C(=O)CCc1ccccc1C(=O)O. The lowest BCUT2D eigenvalue weighted by Crippen LogP contribution is -2.31. The molecule has 0 atom stereocenters. The Morgan fingerprint density at radius 1 is 1.15 bits per heavy atom. The Labute approximate surface area is 119 Å². The van der Waals surface area contributed by atoms with E-state index in [0.717, 1.165) is 0 Å². The quantitative estimate of drug-likeness (QED) is 0.740. The summed E-state index contributed by atoms with van der Waals surface area (Å²) in [5, 5.41) is 9.09. The van der Waals surface area contributed by atoms with Crippen molar-refractivity contribution in [3.8, 4) is 0 Å². The highest BCUT2D eigenvalue weighted by atomic mass is 16.4. The van der Waals surface area contributed by atoms with E-state index in [1.54, 1.807) is 41.3 Å². The summed E-state index contributed by atoms with van der Waals surface area (Å²) in [5.41, 5.74) is 0.921. The number of carboxylic acid groups (broad SMARTS) is 1. The van der Waals surface area contributed by atoms with Crippen LogP contribution < -0.4 is 0 Å². The van der Waals surface area contributed by atoms with Gasteiger partial charge in [0.1, 0.15) is 0 Å². The number of carbonyl (C=O) groups is 2. The second-order valence-corrected chi connectivity index (χ2v) is 4.34. The molecule has 1 aromatic rings. The van der Waals surface area contributed by atoms with Gasteiger partial charge in [0.2, 0.25) is 5.91 Å². The number of hydrogen-bond donors (Lipinski definition) is 1. The molecule has 0 aromatic heterocycles. The summed E-state index contributed by atoms with van der Waals surface area (Å²) in [7, 11) is 0. The van der Waals surface area contributed by atoms with Crippen molar-refractivity contribution in [3.63, 3.8) is 0 Å². The maximum Gasteiger partial charge on any atom is 0.335 e. The summed E-state index contributed by atoms with van der Waals surface area (Å²) >= 11 is 0. The Hall–Kier alpha value is -2.36. The fraction of sp³-hybridized carbons (Fsp3) is 0.250. The molecule has 1 N–H and O–H groups in total. The van der Waals surface area contributed by atoms with Crippen LogP contribution in [0.15, 0.2) is 49.6 Å². The van der Waals surface area contributed by atoms with E-state index in [-0.39, 0.29) is 17.9 Å². The highest BCUT2D eigenvalue weighted by molar-refractivity contribution is 5.89. The Kier molecular flexibility index (Phi) is 6.23. The van der Waals surface area contributed by atoms with Gasteiger partial charge in [0.25, 0.3) is 0 Å². The Morgan fingerprint density at radius 2 is 1.75 bits per heavy atom. The third-order valence-corrected chi connectivity index (χ3v) is 2.91. The topological polar surface area (TPSA) is 57.6 Å². The average Bonchev–Trinajstić information content (AvgIpc) is 2.44. The molecule has 0 heterocycles. The van der Waals surface area contributed by atoms with E-state index in [4.69, 9.17) is 5.11 Å². The van der Waals surface area contributed by atoms with Crippen LogP contribution in [-0.2, 0) is 11.2 Å². The maximum atomic E-state index is 12.1. The van der Waals surface area contributed by atoms with Crippen LogP contribution in [0.1, 0.15) is 22.3 Å². The van der Waals surface area contributed by atoms with Gasteiger partial charge in [0.05, 0.1) is 5.56 Å². The number of aromatic carboxylic acids is 1. The van der Waals surface area contributed by atoms with Gasteiger partial charge in [-0.2, -0.15) is 0 Å². The molecule has 1 aromatic carbocycles. The number of nitrogens with zero attached hydrogens (tertiary/aromatic N) is 1. The van der Waals surface area contributed by atoms with E-state index >= 15 is 0 Å². The highest BCUT2D eigenvalue weighted by Gasteiger charge is 2.13. The molecule has 106 valence electrons. The first-order valence-corrected chi connectivity index (χ1v) is 6.41. The van der Waals surface area contributed by atoms with E-state index in [0.29, 0.717) is 25.1 Å². The van der Waals surface area contributed by atoms with Crippen molar-refractivity contribution in [2.24, 2.45) is 0 Å². The molecule has 0 saturated heterocycles. The highest BCUT2D eigenvalue weighted by Crippen LogP contribution is 2.12. The van der Waals surface area contributed by atoms with E-state index in [1.165, 1.54) is 0 Å². The average molecular weight is 273 g/mol. The van der Waals surface area contributed by atoms with Gasteiger partial charge in [0.15, 0.2) is 0 Å². The molecule has 0 aliphatic heterocycles. The van der Waals surface area contributed by atoms with Crippen LogP contribution in [0.3, 0.4) is 0 Å².